The van der Waals surface area contributed by atoms with Gasteiger partial charge in [0.25, 0.3) is 0 Å². The first-order valence-corrected chi connectivity index (χ1v) is 11.4. The molecule has 1 N–H and O–H groups in total. The summed E-state index contributed by atoms with van der Waals surface area (Å²) < 4.78 is 11.9. The molecular weight excluding hydrogens is 400 g/mol. The molecule has 1 spiro atoms. The molecule has 1 fully saturated rings. The van der Waals surface area contributed by atoms with Gasteiger partial charge in [-0.1, -0.05) is 54.6 Å². The molecule has 2 heterocycles. The van der Waals surface area contributed by atoms with Gasteiger partial charge in [-0.05, 0) is 48.7 Å². The zero-order valence-corrected chi connectivity index (χ0v) is 18.5. The summed E-state index contributed by atoms with van der Waals surface area (Å²) in [6.45, 7) is 5.00. The minimum absolute atomic E-state index is 0.0208. The molecule has 3 aromatic rings. The Morgan fingerprint density at radius 1 is 1.06 bits per heavy atom. The van der Waals surface area contributed by atoms with Gasteiger partial charge in [0.1, 0.15) is 0 Å². The number of hydrogen-bond donors (Lipinski definition) is 1. The Morgan fingerprint density at radius 3 is 2.53 bits per heavy atom. The highest BCUT2D eigenvalue weighted by atomic mass is 16.5. The van der Waals surface area contributed by atoms with Crippen molar-refractivity contribution in [1.82, 2.24) is 10.2 Å². The van der Waals surface area contributed by atoms with Crippen LogP contribution in [0.3, 0.4) is 0 Å². The molecule has 1 aliphatic carbocycles. The molecule has 5 heteroatoms. The maximum Gasteiger partial charge on any atom is 0.217 e. The van der Waals surface area contributed by atoms with E-state index in [4.69, 9.17) is 9.15 Å². The lowest BCUT2D eigenvalue weighted by Crippen LogP contribution is -2.50. The molecule has 0 bridgehead atoms. The first-order valence-electron chi connectivity index (χ1n) is 11.4. The number of hydrogen-bond acceptors (Lipinski definition) is 4. The van der Waals surface area contributed by atoms with Crippen molar-refractivity contribution in [2.24, 2.45) is 0 Å². The minimum Gasteiger partial charge on any atom is -0.472 e. The van der Waals surface area contributed by atoms with Crippen LogP contribution < -0.4 is 5.32 Å². The van der Waals surface area contributed by atoms with Gasteiger partial charge >= 0.3 is 0 Å². The van der Waals surface area contributed by atoms with Crippen molar-refractivity contribution in [3.05, 3.63) is 95.4 Å². The zero-order valence-electron chi connectivity index (χ0n) is 18.5. The standard InChI is InChI=1S/C27H30N2O3/c1-20(30)28-25-23-9-5-6-10-24(23)27(26(25)32-19-21-7-3-2-4-8-21)12-14-29(15-13-27)17-22-11-16-31-18-22/h2-11,16,18,25-26H,12-15,17,19H2,1H3,(H,28,30)/t25-,26+/m0/s1. The third-order valence-corrected chi connectivity index (χ3v) is 7.05. The molecule has 1 amide bonds. The Hall–Kier alpha value is -2.89. The van der Waals surface area contributed by atoms with Crippen molar-refractivity contribution < 1.29 is 13.9 Å². The van der Waals surface area contributed by atoms with Crippen molar-refractivity contribution >= 4 is 5.91 Å². The summed E-state index contributed by atoms with van der Waals surface area (Å²) in [5.41, 5.74) is 4.79. The van der Waals surface area contributed by atoms with Crippen LogP contribution in [0.15, 0.2) is 77.6 Å². The van der Waals surface area contributed by atoms with Crippen LogP contribution in [0.5, 0.6) is 0 Å². The first kappa shape index (κ1) is 21.0. The van der Waals surface area contributed by atoms with Crippen LogP contribution in [0, 0.1) is 0 Å². The van der Waals surface area contributed by atoms with Gasteiger partial charge in [0.15, 0.2) is 0 Å². The number of fused-ring (bicyclic) bond motifs is 2. The number of furan rings is 1. The zero-order chi connectivity index (χ0) is 22.0. The quantitative estimate of drug-likeness (QED) is 0.622. The lowest BCUT2D eigenvalue weighted by molar-refractivity contribution is -0.122. The highest BCUT2D eigenvalue weighted by Gasteiger charge is 2.54. The topological polar surface area (TPSA) is 54.7 Å². The van der Waals surface area contributed by atoms with Crippen molar-refractivity contribution in [2.45, 2.75) is 50.5 Å². The molecule has 166 valence electrons. The van der Waals surface area contributed by atoms with Crippen LogP contribution in [0.2, 0.25) is 0 Å². The van der Waals surface area contributed by atoms with Crippen LogP contribution in [-0.4, -0.2) is 30.0 Å². The highest BCUT2D eigenvalue weighted by Crippen LogP contribution is 2.52. The van der Waals surface area contributed by atoms with E-state index in [0.717, 1.165) is 38.0 Å². The Morgan fingerprint density at radius 2 is 1.81 bits per heavy atom. The molecule has 5 rings (SSSR count). The van der Waals surface area contributed by atoms with Gasteiger partial charge in [0.2, 0.25) is 5.91 Å². The second kappa shape index (κ2) is 8.93. The Balaban J connectivity index is 1.43. The van der Waals surface area contributed by atoms with Crippen molar-refractivity contribution in [3.63, 3.8) is 0 Å². The Bertz CT molecular complexity index is 1040. The van der Waals surface area contributed by atoms with Crippen molar-refractivity contribution in [2.75, 3.05) is 13.1 Å². The normalized spacial score (nSPS) is 22.0. The predicted molar refractivity (Wildman–Crippen MR) is 123 cm³/mol. The molecule has 0 radical (unpaired) electrons. The predicted octanol–water partition coefficient (Wildman–Crippen LogP) is 4.59. The van der Waals surface area contributed by atoms with Crippen molar-refractivity contribution in [1.29, 1.82) is 0 Å². The van der Waals surface area contributed by atoms with E-state index >= 15 is 0 Å². The van der Waals surface area contributed by atoms with Gasteiger partial charge in [-0.15, -0.1) is 0 Å². The number of rotatable bonds is 6. The third-order valence-electron chi connectivity index (χ3n) is 7.05. The molecular formula is C27H30N2O3. The molecule has 0 unspecified atom stereocenters. The van der Waals surface area contributed by atoms with Gasteiger partial charge in [-0.2, -0.15) is 0 Å². The second-order valence-electron chi connectivity index (χ2n) is 9.05. The van der Waals surface area contributed by atoms with Crippen LogP contribution in [0.4, 0.5) is 0 Å². The summed E-state index contributed by atoms with van der Waals surface area (Å²) in [4.78, 5) is 14.6. The van der Waals surface area contributed by atoms with E-state index in [0.29, 0.717) is 6.61 Å². The second-order valence-corrected chi connectivity index (χ2v) is 9.05. The van der Waals surface area contributed by atoms with Crippen LogP contribution in [0.25, 0.3) is 0 Å². The van der Waals surface area contributed by atoms with Crippen LogP contribution in [-0.2, 0) is 28.1 Å². The summed E-state index contributed by atoms with van der Waals surface area (Å²) in [7, 11) is 0. The number of benzene rings is 2. The summed E-state index contributed by atoms with van der Waals surface area (Å²) >= 11 is 0. The smallest absolute Gasteiger partial charge is 0.217 e. The van der Waals surface area contributed by atoms with Crippen LogP contribution in [0.1, 0.15) is 48.1 Å². The van der Waals surface area contributed by atoms with E-state index in [1.807, 2.05) is 30.5 Å². The lowest BCUT2D eigenvalue weighted by Gasteiger charge is -2.44. The number of carbonyl (C=O) groups excluding carboxylic acids is 1. The van der Waals surface area contributed by atoms with E-state index in [1.54, 1.807) is 13.2 Å². The fraction of sp³-hybridized carbons (Fsp3) is 0.370. The number of amides is 1. The number of carbonyl (C=O) groups is 1. The average Bonchev–Trinajstić information content (AvgIpc) is 3.40. The SMILES string of the molecule is CC(=O)N[C@H]1c2ccccc2C2(CCN(Cc3ccoc3)CC2)[C@@H]1OCc1ccccc1. The molecule has 5 nitrogen and oxygen atoms in total. The largest absolute Gasteiger partial charge is 0.472 e. The molecule has 2 aromatic carbocycles. The van der Waals surface area contributed by atoms with E-state index in [-0.39, 0.29) is 23.5 Å². The van der Waals surface area contributed by atoms with Crippen molar-refractivity contribution in [3.8, 4) is 0 Å². The third kappa shape index (κ3) is 3.98. The Kier molecular flexibility index (Phi) is 5.85. The number of piperidine rings is 1. The van der Waals surface area contributed by atoms with Crippen LogP contribution >= 0.6 is 0 Å². The van der Waals surface area contributed by atoms with Gasteiger partial charge in [0, 0.05) is 24.4 Å². The average molecular weight is 431 g/mol. The van der Waals surface area contributed by atoms with Gasteiger partial charge in [0.05, 0.1) is 31.3 Å². The maximum atomic E-state index is 12.1. The summed E-state index contributed by atoms with van der Waals surface area (Å²) in [5, 5.41) is 3.21. The molecule has 1 aromatic heterocycles. The molecule has 1 aliphatic heterocycles. The Labute approximate surface area is 189 Å². The molecule has 1 saturated heterocycles. The summed E-state index contributed by atoms with van der Waals surface area (Å²) in [6.07, 6.45) is 5.46. The fourth-order valence-electron chi connectivity index (χ4n) is 5.55. The van der Waals surface area contributed by atoms with Gasteiger partial charge in [-0.3, -0.25) is 9.69 Å². The number of likely N-dealkylation sites (tertiary alicyclic amines) is 1. The number of ether oxygens (including phenoxy) is 1. The number of nitrogens with zero attached hydrogens (tertiary/aromatic N) is 1. The number of nitrogens with one attached hydrogen (secondary N) is 1. The van der Waals surface area contributed by atoms with E-state index in [9.17, 15) is 4.79 Å². The molecule has 2 aliphatic rings. The highest BCUT2D eigenvalue weighted by molar-refractivity contribution is 5.74. The molecule has 2 atom stereocenters. The van der Waals surface area contributed by atoms with E-state index in [1.165, 1.54) is 16.7 Å². The summed E-state index contributed by atoms with van der Waals surface area (Å²) in [5.74, 6) is -0.0208. The van der Waals surface area contributed by atoms with E-state index in [2.05, 4.69) is 46.6 Å². The minimum atomic E-state index is -0.132. The van der Waals surface area contributed by atoms with Gasteiger partial charge in [-0.25, -0.2) is 0 Å². The maximum absolute atomic E-state index is 12.1. The lowest BCUT2D eigenvalue weighted by atomic mass is 9.71. The van der Waals surface area contributed by atoms with E-state index < -0.39 is 0 Å². The fourth-order valence-corrected chi connectivity index (χ4v) is 5.55. The molecule has 0 saturated carbocycles. The van der Waals surface area contributed by atoms with Gasteiger partial charge < -0.3 is 14.5 Å². The molecule has 32 heavy (non-hydrogen) atoms. The monoisotopic (exact) mass is 430 g/mol. The first-order chi connectivity index (χ1) is 15.7. The summed E-state index contributed by atoms with van der Waals surface area (Å²) in [6, 6.07) is 20.8.